The average molecular weight is 389 g/mol. The van der Waals surface area contributed by atoms with Gasteiger partial charge in [0.1, 0.15) is 17.3 Å². The monoisotopic (exact) mass is 388 g/mol. The van der Waals surface area contributed by atoms with Gasteiger partial charge < -0.3 is 10.2 Å². The Bertz CT molecular complexity index is 757. The summed E-state index contributed by atoms with van der Waals surface area (Å²) >= 11 is 3.43. The minimum absolute atomic E-state index is 0.204. The fraction of sp³-hybridized carbons (Fsp3) is 0.389. The topological polar surface area (TPSA) is 58.1 Å². The summed E-state index contributed by atoms with van der Waals surface area (Å²) in [7, 11) is 0. The van der Waals surface area contributed by atoms with Crippen LogP contribution in [0, 0.1) is 13.8 Å². The quantitative estimate of drug-likeness (QED) is 0.859. The molecule has 1 aliphatic rings. The van der Waals surface area contributed by atoms with Crippen LogP contribution >= 0.6 is 15.9 Å². The van der Waals surface area contributed by atoms with Gasteiger partial charge in [-0.1, -0.05) is 15.9 Å². The van der Waals surface area contributed by atoms with Gasteiger partial charge in [0, 0.05) is 29.3 Å². The van der Waals surface area contributed by atoms with Gasteiger partial charge in [0.15, 0.2) is 0 Å². The highest BCUT2D eigenvalue weighted by atomic mass is 79.9. The highest BCUT2D eigenvalue weighted by Crippen LogP contribution is 2.22. The number of nitrogens with zero attached hydrogens (tertiary/aromatic N) is 3. The molecule has 6 heteroatoms. The van der Waals surface area contributed by atoms with Crippen LogP contribution in [0.5, 0.6) is 0 Å². The molecule has 0 saturated carbocycles. The number of piperidine rings is 1. The van der Waals surface area contributed by atoms with Crippen LogP contribution in [0.25, 0.3) is 0 Å². The number of aromatic nitrogens is 2. The summed E-state index contributed by atoms with van der Waals surface area (Å²) in [4.78, 5) is 23.7. The van der Waals surface area contributed by atoms with E-state index < -0.39 is 0 Å². The van der Waals surface area contributed by atoms with E-state index >= 15 is 0 Å². The van der Waals surface area contributed by atoms with Crippen molar-refractivity contribution in [3.8, 4) is 0 Å². The third-order valence-electron chi connectivity index (χ3n) is 4.17. The van der Waals surface area contributed by atoms with Gasteiger partial charge in [-0.15, -0.1) is 0 Å². The van der Waals surface area contributed by atoms with Crippen LogP contribution < -0.4 is 10.2 Å². The zero-order valence-electron chi connectivity index (χ0n) is 14.0. The number of halogens is 1. The van der Waals surface area contributed by atoms with Crippen molar-refractivity contribution in [3.05, 3.63) is 45.8 Å². The van der Waals surface area contributed by atoms with Crippen molar-refractivity contribution in [2.24, 2.45) is 0 Å². The molecule has 24 heavy (non-hydrogen) atoms. The fourth-order valence-corrected chi connectivity index (χ4v) is 3.38. The van der Waals surface area contributed by atoms with Crippen molar-refractivity contribution >= 4 is 33.3 Å². The van der Waals surface area contributed by atoms with Gasteiger partial charge in [-0.05, 0) is 56.9 Å². The van der Waals surface area contributed by atoms with Crippen LogP contribution in [0.3, 0.4) is 0 Å². The number of anilines is 2. The van der Waals surface area contributed by atoms with Crippen molar-refractivity contribution in [2.75, 3.05) is 23.3 Å². The maximum absolute atomic E-state index is 12.6. The van der Waals surface area contributed by atoms with Gasteiger partial charge in [0.25, 0.3) is 5.91 Å². The first-order valence-corrected chi connectivity index (χ1v) is 9.00. The molecule has 0 aliphatic carbocycles. The van der Waals surface area contributed by atoms with E-state index in [-0.39, 0.29) is 5.91 Å². The Balaban J connectivity index is 1.82. The molecule has 0 bridgehead atoms. The van der Waals surface area contributed by atoms with Crippen molar-refractivity contribution in [2.45, 2.75) is 33.1 Å². The number of hydrogen-bond acceptors (Lipinski definition) is 4. The van der Waals surface area contributed by atoms with Gasteiger partial charge in [0.05, 0.1) is 0 Å². The first-order chi connectivity index (χ1) is 11.5. The van der Waals surface area contributed by atoms with Gasteiger partial charge >= 0.3 is 0 Å². The second-order valence-electron chi connectivity index (χ2n) is 6.12. The lowest BCUT2D eigenvalue weighted by molar-refractivity contribution is 0.102. The van der Waals surface area contributed by atoms with Crippen LogP contribution in [0.2, 0.25) is 0 Å². The van der Waals surface area contributed by atoms with E-state index in [0.717, 1.165) is 34.6 Å². The van der Waals surface area contributed by atoms with Crippen LogP contribution in [-0.2, 0) is 0 Å². The molecule has 126 valence electrons. The summed E-state index contributed by atoms with van der Waals surface area (Å²) in [5, 5.41) is 2.94. The fourth-order valence-electron chi connectivity index (χ4n) is 2.91. The second-order valence-corrected chi connectivity index (χ2v) is 7.04. The number of nitrogens with one attached hydrogen (secondary N) is 1. The smallest absolute Gasteiger partial charge is 0.274 e. The predicted molar refractivity (Wildman–Crippen MR) is 99.7 cm³/mol. The molecule has 2 aromatic rings. The zero-order chi connectivity index (χ0) is 17.1. The number of carbonyl (C=O) groups excluding carboxylic acids is 1. The molecule has 1 aromatic heterocycles. The van der Waals surface area contributed by atoms with Crippen LogP contribution in [-0.4, -0.2) is 29.0 Å². The third-order valence-corrected chi connectivity index (χ3v) is 4.67. The number of hydrogen-bond donors (Lipinski definition) is 1. The molecule has 0 radical (unpaired) electrons. The first kappa shape index (κ1) is 16.9. The minimum Gasteiger partial charge on any atom is -0.356 e. The summed E-state index contributed by atoms with van der Waals surface area (Å²) < 4.78 is 0.989. The van der Waals surface area contributed by atoms with Crippen molar-refractivity contribution in [3.63, 3.8) is 0 Å². The van der Waals surface area contributed by atoms with E-state index in [0.29, 0.717) is 11.5 Å². The van der Waals surface area contributed by atoms with Gasteiger partial charge in [-0.25, -0.2) is 9.97 Å². The van der Waals surface area contributed by atoms with Gasteiger partial charge in [-0.3, -0.25) is 4.79 Å². The SMILES string of the molecule is Cc1nc(C(=O)Nc2ccc(Br)cc2C)cc(N2CCCCC2)n1. The molecule has 5 nitrogen and oxygen atoms in total. The van der Waals surface area contributed by atoms with E-state index in [4.69, 9.17) is 0 Å². The predicted octanol–water partition coefficient (Wildman–Crippen LogP) is 4.10. The maximum Gasteiger partial charge on any atom is 0.274 e. The molecule has 1 aliphatic heterocycles. The average Bonchev–Trinajstić information content (AvgIpc) is 2.57. The first-order valence-electron chi connectivity index (χ1n) is 8.21. The Morgan fingerprint density at radius 3 is 2.58 bits per heavy atom. The van der Waals surface area contributed by atoms with Crippen LogP contribution in [0.1, 0.15) is 41.1 Å². The summed E-state index contributed by atoms with van der Waals surface area (Å²) in [6.45, 7) is 5.77. The van der Waals surface area contributed by atoms with E-state index in [1.54, 1.807) is 6.07 Å². The number of amides is 1. The van der Waals surface area contributed by atoms with E-state index in [9.17, 15) is 4.79 Å². The number of carbonyl (C=O) groups is 1. The number of rotatable bonds is 3. The molecule has 1 amide bonds. The molecule has 1 fully saturated rings. The summed E-state index contributed by atoms with van der Waals surface area (Å²) in [6, 6.07) is 7.56. The minimum atomic E-state index is -0.204. The lowest BCUT2D eigenvalue weighted by Gasteiger charge is -2.28. The zero-order valence-corrected chi connectivity index (χ0v) is 15.6. The molecule has 1 saturated heterocycles. The largest absolute Gasteiger partial charge is 0.356 e. The molecule has 0 unspecified atom stereocenters. The highest BCUT2D eigenvalue weighted by Gasteiger charge is 2.17. The molecule has 1 N–H and O–H groups in total. The van der Waals surface area contributed by atoms with Gasteiger partial charge in [-0.2, -0.15) is 0 Å². The summed E-state index contributed by atoms with van der Waals surface area (Å²) in [6.07, 6.45) is 3.60. The lowest BCUT2D eigenvalue weighted by Crippen LogP contribution is -2.31. The molecule has 1 aromatic carbocycles. The van der Waals surface area contributed by atoms with E-state index in [1.807, 2.05) is 32.0 Å². The van der Waals surface area contributed by atoms with Crippen molar-refractivity contribution < 1.29 is 4.79 Å². The molecule has 0 atom stereocenters. The normalized spacial score (nSPS) is 14.5. The standard InChI is InChI=1S/C18H21BrN4O/c1-12-10-14(19)6-7-15(12)22-18(24)16-11-17(21-13(2)20-16)23-8-4-3-5-9-23/h6-7,10-11H,3-5,8-9H2,1-2H3,(H,22,24). The lowest BCUT2D eigenvalue weighted by atomic mass is 10.1. The Morgan fingerprint density at radius 2 is 1.88 bits per heavy atom. The molecule has 3 rings (SSSR count). The number of benzene rings is 1. The van der Waals surface area contributed by atoms with Gasteiger partial charge in [0.2, 0.25) is 0 Å². The third kappa shape index (κ3) is 3.93. The molecule has 2 heterocycles. The highest BCUT2D eigenvalue weighted by molar-refractivity contribution is 9.10. The summed E-state index contributed by atoms with van der Waals surface area (Å²) in [5.74, 6) is 1.26. The Morgan fingerprint density at radius 1 is 1.12 bits per heavy atom. The maximum atomic E-state index is 12.6. The molecular formula is C18H21BrN4O. The van der Waals surface area contributed by atoms with Crippen LogP contribution in [0.4, 0.5) is 11.5 Å². The number of aryl methyl sites for hydroxylation is 2. The molecule has 0 spiro atoms. The molecular weight excluding hydrogens is 368 g/mol. The van der Waals surface area contributed by atoms with Crippen molar-refractivity contribution in [1.29, 1.82) is 0 Å². The second kappa shape index (κ2) is 7.30. The Kier molecular flexibility index (Phi) is 5.14. The summed E-state index contributed by atoms with van der Waals surface area (Å²) in [5.41, 5.74) is 2.20. The van der Waals surface area contributed by atoms with Crippen molar-refractivity contribution in [1.82, 2.24) is 9.97 Å². The van der Waals surface area contributed by atoms with E-state index in [2.05, 4.69) is 36.1 Å². The Labute approximate surface area is 150 Å². The van der Waals surface area contributed by atoms with E-state index in [1.165, 1.54) is 19.3 Å². The Hall–Kier alpha value is -1.95. The van der Waals surface area contributed by atoms with Crippen LogP contribution in [0.15, 0.2) is 28.7 Å².